The summed E-state index contributed by atoms with van der Waals surface area (Å²) in [6.45, 7) is 23.7. The van der Waals surface area contributed by atoms with Gasteiger partial charge in [-0.15, -0.1) is 0 Å². The highest BCUT2D eigenvalue weighted by molar-refractivity contribution is 8.00. The van der Waals surface area contributed by atoms with Crippen LogP contribution in [-0.4, -0.2) is 330 Å². The van der Waals surface area contributed by atoms with Crippen molar-refractivity contribution < 1.29 is 133 Å². The van der Waals surface area contributed by atoms with Gasteiger partial charge in [-0.2, -0.15) is 82.3 Å². The fraction of sp³-hybridized carbons (Fsp3) is 0.861. The summed E-state index contributed by atoms with van der Waals surface area (Å²) < 4.78 is 75.5. The zero-order valence-corrected chi connectivity index (χ0v) is 92.5. The molecule has 139 heavy (non-hydrogen) atoms. The molecule has 0 heterocycles. The first-order valence-corrected chi connectivity index (χ1v) is 59.7. The second-order valence-corrected chi connectivity index (χ2v) is 43.0. The highest BCUT2D eigenvalue weighted by atomic mass is 32.2. The molecule has 7 unspecified atom stereocenters. The zero-order valence-electron chi connectivity index (χ0n) is 86.8. The number of esters is 14. The molecule has 38 heteroatoms. The van der Waals surface area contributed by atoms with Crippen LogP contribution in [0.3, 0.4) is 0 Å². The van der Waals surface area contributed by atoms with Crippen LogP contribution in [0.4, 0.5) is 0 Å². The molecule has 0 N–H and O–H groups in total. The van der Waals surface area contributed by atoms with E-state index in [0.717, 1.165) is 48.7 Å². The van der Waals surface area contributed by atoms with Crippen molar-refractivity contribution >= 4 is 166 Å². The molecule has 0 spiro atoms. The van der Waals surface area contributed by atoms with Crippen LogP contribution in [0.2, 0.25) is 0 Å². The number of unbranched alkanes of at least 4 members (excludes halogenated alkanes) is 20. The van der Waals surface area contributed by atoms with Gasteiger partial charge in [-0.3, -0.25) is 67.1 Å². The third kappa shape index (κ3) is 83.8. The monoisotopic (exact) mass is 2110 g/mol. The summed E-state index contributed by atoms with van der Waals surface area (Å²) >= 11 is 11.3. The zero-order chi connectivity index (χ0) is 103. The molecule has 0 aromatic heterocycles. The van der Waals surface area contributed by atoms with E-state index in [0.29, 0.717) is 77.2 Å². The molecule has 0 aromatic carbocycles. The van der Waals surface area contributed by atoms with Crippen LogP contribution in [0.1, 0.15) is 282 Å². The van der Waals surface area contributed by atoms with Crippen LogP contribution in [0.5, 0.6) is 0 Å². The lowest BCUT2D eigenvalue weighted by molar-refractivity contribution is -0.154. The van der Waals surface area contributed by atoms with E-state index in [4.69, 9.17) is 66.3 Å². The Morgan fingerprint density at radius 1 is 0.180 bits per heavy atom. The molecular weight excluding hydrogens is 1930 g/mol. The van der Waals surface area contributed by atoms with Crippen molar-refractivity contribution in [2.45, 2.75) is 282 Å². The van der Waals surface area contributed by atoms with Gasteiger partial charge in [-0.05, 0) is 48.7 Å². The summed E-state index contributed by atoms with van der Waals surface area (Å²) in [5.74, 6) is -0.0910. The highest BCUT2D eigenvalue weighted by Gasteiger charge is 2.25. The van der Waals surface area contributed by atoms with E-state index in [1.807, 2.05) is 42.4 Å². The summed E-state index contributed by atoms with van der Waals surface area (Å²) in [7, 11) is 0. The van der Waals surface area contributed by atoms with E-state index >= 15 is 0 Å². The quantitative estimate of drug-likeness (QED) is 0.0310. The Labute approximate surface area is 863 Å². The highest BCUT2D eigenvalue weighted by Crippen LogP contribution is 2.22. The van der Waals surface area contributed by atoms with E-state index in [-0.39, 0.29) is 224 Å². The number of rotatable bonds is 98. The van der Waals surface area contributed by atoms with Gasteiger partial charge >= 0.3 is 83.6 Å². The summed E-state index contributed by atoms with van der Waals surface area (Å²) in [5.41, 5.74) is 0. The second kappa shape index (κ2) is 95.1. The number of nitrogens with zero attached hydrogens (tertiary/aromatic N) is 3. The van der Waals surface area contributed by atoms with E-state index in [9.17, 15) is 67.1 Å². The van der Waals surface area contributed by atoms with Crippen LogP contribution in [0, 0.1) is 41.4 Å². The van der Waals surface area contributed by atoms with E-state index in [1.54, 1.807) is 74.7 Å². The van der Waals surface area contributed by atoms with Crippen molar-refractivity contribution in [3.05, 3.63) is 0 Å². The molecule has 0 aromatic rings. The molecule has 7 atom stereocenters. The predicted molar refractivity (Wildman–Crippen MR) is 560 cm³/mol. The standard InChI is InChI=1S/C101H179N3O28S7/c1-13-18-22-26-30-34-67-133-74-81(6)95(112)127-61-54-120-89(106)38-44-103(45-39-90(107)121-55-62-128-96(113)82(7)75-134-68-35-31-27-23-19-14-2)51-72-138-79-86(11)100(117)131-65-58-124-93(110)42-48-102(50-71-137-78-85(10)99(116)126-60-53-119-88(105)17-5)49-43-94(111)125-59-66-132-101(118)87(12)80-139-73-52-104(46-40-91(108)122-56-63-129-97(114)83(8)76-135-69-36-32-28-24-20-15-3)47-41-92(109)123-57-64-130-98(115)84(9)77-136-70-37-33-29-25-21-16-4/h81-87H,13-80H2,1-12H3. The molecule has 0 amide bonds. The topological polar surface area (TPSA) is 378 Å². The van der Waals surface area contributed by atoms with Crippen LogP contribution in [-0.2, 0) is 133 Å². The van der Waals surface area contributed by atoms with E-state index in [2.05, 4.69) is 27.7 Å². The van der Waals surface area contributed by atoms with Crippen molar-refractivity contribution in [2.24, 2.45) is 41.4 Å². The van der Waals surface area contributed by atoms with Gasteiger partial charge in [0.15, 0.2) is 0 Å². The molecule has 0 saturated carbocycles. The number of carbonyl (C=O) groups is 14. The van der Waals surface area contributed by atoms with Gasteiger partial charge in [0.1, 0.15) is 92.5 Å². The van der Waals surface area contributed by atoms with Crippen LogP contribution in [0.15, 0.2) is 0 Å². The average molecular weight is 2110 g/mol. The Hall–Kier alpha value is -5.09. The van der Waals surface area contributed by atoms with E-state index < -0.39 is 77.4 Å². The molecule has 0 saturated heterocycles. The van der Waals surface area contributed by atoms with Gasteiger partial charge < -0.3 is 81.0 Å². The van der Waals surface area contributed by atoms with Gasteiger partial charge in [0.2, 0.25) is 0 Å². The van der Waals surface area contributed by atoms with Gasteiger partial charge in [0, 0.05) is 123 Å². The third-order valence-electron chi connectivity index (χ3n) is 21.8. The Balaban J connectivity index is 5.66. The smallest absolute Gasteiger partial charge is 0.309 e. The number of hydrogen-bond donors (Lipinski definition) is 0. The Kier molecular flexibility index (Phi) is 91.7. The number of thioether (sulfide) groups is 7. The average Bonchev–Trinajstić information content (AvgIpc) is 0.943. The molecule has 0 aliphatic heterocycles. The van der Waals surface area contributed by atoms with Crippen molar-refractivity contribution in [3.63, 3.8) is 0 Å². The molecule has 0 aliphatic rings. The summed E-state index contributed by atoms with van der Waals surface area (Å²) in [5, 5.41) is 0. The lowest BCUT2D eigenvalue weighted by Gasteiger charge is -2.22. The number of carbonyl (C=O) groups excluding carboxylic acids is 14. The van der Waals surface area contributed by atoms with Gasteiger partial charge in [-0.25, -0.2) is 0 Å². The Morgan fingerprint density at radius 2 is 0.324 bits per heavy atom. The minimum atomic E-state index is -0.583. The fourth-order valence-corrected chi connectivity index (χ4v) is 20.3. The van der Waals surface area contributed by atoms with Crippen LogP contribution < -0.4 is 0 Å². The SMILES string of the molecule is CCCCCCCCSCC(C)C(=O)OCCOC(=O)CCN(CCSCC(C)C(=O)OCCOC(=O)CCN(CCSCC(C)C(=O)OCCOC(=O)CC)CCC(=O)OCCOC(=O)C(C)CSCCN(CCC(=O)OCCOC(=O)C(C)CSCCCCCCCC)CCC(=O)OCCOC(=O)C(C)CSCCCCCCCC)CCC(=O)OCCOC(=O)C(C)CSCCCCCCCC. The lowest BCUT2D eigenvalue weighted by atomic mass is 10.1. The van der Waals surface area contributed by atoms with Crippen LogP contribution >= 0.6 is 82.3 Å². The largest absolute Gasteiger partial charge is 0.462 e. The van der Waals surface area contributed by atoms with Gasteiger partial charge in [-0.1, -0.05) is 212 Å². The molecule has 31 nitrogen and oxygen atoms in total. The van der Waals surface area contributed by atoms with Crippen molar-refractivity contribution in [1.82, 2.24) is 14.7 Å². The maximum atomic E-state index is 13.2. The molecule has 808 valence electrons. The summed E-state index contributed by atoms with van der Waals surface area (Å²) in [6, 6.07) is 0. The van der Waals surface area contributed by atoms with E-state index in [1.165, 1.54) is 164 Å². The molecule has 0 aliphatic carbocycles. The van der Waals surface area contributed by atoms with Crippen molar-refractivity contribution in [1.29, 1.82) is 0 Å². The number of ether oxygens (including phenoxy) is 14. The summed E-state index contributed by atoms with van der Waals surface area (Å²) in [6.07, 6.45) is 28.9. The first-order valence-electron chi connectivity index (χ1n) is 51.6. The van der Waals surface area contributed by atoms with Crippen molar-refractivity contribution in [2.75, 3.05) is 232 Å². The minimum absolute atomic E-state index is 0.0135. The molecule has 0 fully saturated rings. The number of hydrogen-bond acceptors (Lipinski definition) is 38. The normalized spacial score (nSPS) is 12.9. The molecule has 0 bridgehead atoms. The predicted octanol–water partition coefficient (Wildman–Crippen LogP) is 17.3. The molecule has 0 radical (unpaired) electrons. The molecule has 0 rings (SSSR count). The molecular formula is C101H179N3O28S7. The second-order valence-electron chi connectivity index (χ2n) is 35.0. The van der Waals surface area contributed by atoms with Crippen LogP contribution in [0.25, 0.3) is 0 Å². The van der Waals surface area contributed by atoms with Gasteiger partial charge in [0.25, 0.3) is 0 Å². The first-order chi connectivity index (χ1) is 67.1. The first kappa shape index (κ1) is 134. The Morgan fingerprint density at radius 3 is 0.489 bits per heavy atom. The Bertz CT molecular complexity index is 2910. The minimum Gasteiger partial charge on any atom is -0.462 e. The lowest BCUT2D eigenvalue weighted by Crippen LogP contribution is -2.32. The fourth-order valence-electron chi connectivity index (χ4n) is 12.9. The maximum Gasteiger partial charge on any atom is 0.309 e. The van der Waals surface area contributed by atoms with Gasteiger partial charge in [0.05, 0.1) is 80.0 Å². The summed E-state index contributed by atoms with van der Waals surface area (Å²) in [4.78, 5) is 185. The third-order valence-corrected chi connectivity index (χ3v) is 30.7. The maximum absolute atomic E-state index is 13.2. The van der Waals surface area contributed by atoms with Crippen molar-refractivity contribution in [3.8, 4) is 0 Å².